The van der Waals surface area contributed by atoms with Crippen molar-refractivity contribution in [3.05, 3.63) is 53.0 Å². The molecule has 0 aliphatic rings. The van der Waals surface area contributed by atoms with Crippen LogP contribution in [0, 0.1) is 11.8 Å². The zero-order valence-electron chi connectivity index (χ0n) is 11.3. The number of ether oxygens (including phenoxy) is 2. The van der Waals surface area contributed by atoms with Gasteiger partial charge in [-0.05, 0) is 35.0 Å². The molecule has 0 atom stereocenters. The summed E-state index contributed by atoms with van der Waals surface area (Å²) in [5, 5.41) is 2.29. The van der Waals surface area contributed by atoms with E-state index in [2.05, 4.69) is 40.4 Å². The summed E-state index contributed by atoms with van der Waals surface area (Å²) in [7, 11) is 1.67. The molecule has 0 fully saturated rings. The van der Waals surface area contributed by atoms with Crippen LogP contribution < -0.4 is 4.74 Å². The minimum absolute atomic E-state index is 0.394. The Labute approximate surface area is 127 Å². The van der Waals surface area contributed by atoms with E-state index in [9.17, 15) is 0 Å². The maximum atomic E-state index is 5.30. The number of hydrogen-bond acceptors (Lipinski definition) is 2. The average molecular weight is 331 g/mol. The van der Waals surface area contributed by atoms with Crippen LogP contribution in [0.1, 0.15) is 5.56 Å². The second kappa shape index (κ2) is 7.14. The molecule has 2 nitrogen and oxygen atoms in total. The van der Waals surface area contributed by atoms with E-state index in [4.69, 9.17) is 9.47 Å². The van der Waals surface area contributed by atoms with Gasteiger partial charge < -0.3 is 9.47 Å². The van der Waals surface area contributed by atoms with E-state index in [-0.39, 0.29) is 0 Å². The maximum Gasteiger partial charge on any atom is 0.119 e. The number of methoxy groups -OCH3 is 1. The first-order chi connectivity index (χ1) is 9.69. The lowest BCUT2D eigenvalue weighted by molar-refractivity contribution is 0.198. The molecule has 0 saturated carbocycles. The fraction of sp³-hybridized carbons (Fsp3) is 0.176. The van der Waals surface area contributed by atoms with Crippen LogP contribution in [0.15, 0.2) is 47.5 Å². The molecule has 2 aromatic rings. The summed E-state index contributed by atoms with van der Waals surface area (Å²) in [6, 6.07) is 12.1. The Hall–Kier alpha value is -1.76. The van der Waals surface area contributed by atoms with Gasteiger partial charge in [0, 0.05) is 10.0 Å². The number of fused-ring (bicyclic) bond motifs is 1. The van der Waals surface area contributed by atoms with E-state index >= 15 is 0 Å². The van der Waals surface area contributed by atoms with Crippen LogP contribution in [0.5, 0.6) is 5.75 Å². The number of hydrogen-bond donors (Lipinski definition) is 0. The van der Waals surface area contributed by atoms with Crippen LogP contribution in [-0.4, -0.2) is 20.3 Å². The van der Waals surface area contributed by atoms with Crippen LogP contribution in [0.25, 0.3) is 10.8 Å². The van der Waals surface area contributed by atoms with Crippen molar-refractivity contribution in [2.45, 2.75) is 0 Å². The molecule has 0 heterocycles. The van der Waals surface area contributed by atoms with Gasteiger partial charge in [0.2, 0.25) is 0 Å². The monoisotopic (exact) mass is 330 g/mol. The van der Waals surface area contributed by atoms with Crippen LogP contribution >= 0.6 is 15.9 Å². The molecule has 0 amide bonds. The highest BCUT2D eigenvalue weighted by atomic mass is 79.9. The van der Waals surface area contributed by atoms with Gasteiger partial charge in [-0.15, -0.1) is 0 Å². The van der Waals surface area contributed by atoms with Gasteiger partial charge >= 0.3 is 0 Å². The summed E-state index contributed by atoms with van der Waals surface area (Å²) >= 11 is 3.23. The third-order valence-corrected chi connectivity index (χ3v) is 2.94. The molecule has 0 aliphatic carbocycles. The van der Waals surface area contributed by atoms with Crippen molar-refractivity contribution in [1.29, 1.82) is 0 Å². The predicted molar refractivity (Wildman–Crippen MR) is 86.3 cm³/mol. The van der Waals surface area contributed by atoms with Gasteiger partial charge in [-0.1, -0.05) is 46.5 Å². The molecule has 0 aliphatic heterocycles. The normalized spacial score (nSPS) is 9.90. The van der Waals surface area contributed by atoms with Crippen LogP contribution in [-0.2, 0) is 4.74 Å². The highest BCUT2D eigenvalue weighted by Gasteiger charge is 1.97. The van der Waals surface area contributed by atoms with Gasteiger partial charge in [0.1, 0.15) is 12.4 Å². The standard InChI is InChI=1S/C17H15BrO2/c1-13(18)12-20-9-3-4-14-5-6-16-11-17(19-2)8-7-15(16)10-14/h5-8,10-11H,1,9,12H2,2H3. The maximum absolute atomic E-state index is 5.30. The Bertz CT molecular complexity index is 680. The van der Waals surface area contributed by atoms with E-state index < -0.39 is 0 Å². The molecule has 0 aromatic heterocycles. The molecule has 102 valence electrons. The molecule has 0 N–H and O–H groups in total. The first kappa shape index (κ1) is 14.6. The van der Waals surface area contributed by atoms with Crippen molar-refractivity contribution < 1.29 is 9.47 Å². The van der Waals surface area contributed by atoms with E-state index in [1.165, 1.54) is 0 Å². The Balaban J connectivity index is 2.08. The number of halogens is 1. The van der Waals surface area contributed by atoms with Crippen LogP contribution in [0.4, 0.5) is 0 Å². The lowest BCUT2D eigenvalue weighted by atomic mass is 10.1. The molecule has 20 heavy (non-hydrogen) atoms. The summed E-state index contributed by atoms with van der Waals surface area (Å²) in [5.41, 5.74) is 0.976. The predicted octanol–water partition coefficient (Wildman–Crippen LogP) is 4.13. The van der Waals surface area contributed by atoms with Gasteiger partial charge in [0.15, 0.2) is 0 Å². The van der Waals surface area contributed by atoms with Gasteiger partial charge in [-0.3, -0.25) is 0 Å². The minimum atomic E-state index is 0.394. The molecule has 2 aromatic carbocycles. The summed E-state index contributed by atoms with van der Waals surface area (Å²) in [4.78, 5) is 0. The van der Waals surface area contributed by atoms with E-state index in [1.807, 2.05) is 30.3 Å². The van der Waals surface area contributed by atoms with E-state index in [1.54, 1.807) is 7.11 Å². The van der Waals surface area contributed by atoms with Crippen molar-refractivity contribution in [3.63, 3.8) is 0 Å². The average Bonchev–Trinajstić information content (AvgIpc) is 2.46. The van der Waals surface area contributed by atoms with Gasteiger partial charge in [0.25, 0.3) is 0 Å². The first-order valence-corrected chi connectivity index (χ1v) is 6.96. The van der Waals surface area contributed by atoms with Crippen molar-refractivity contribution >= 4 is 26.7 Å². The molecule has 2 rings (SSSR count). The van der Waals surface area contributed by atoms with Crippen LogP contribution in [0.2, 0.25) is 0 Å². The van der Waals surface area contributed by atoms with Crippen molar-refractivity contribution in [2.75, 3.05) is 20.3 Å². The molecular formula is C17H15BrO2. The van der Waals surface area contributed by atoms with Crippen LogP contribution in [0.3, 0.4) is 0 Å². The molecule has 0 saturated heterocycles. The second-order valence-electron chi connectivity index (χ2n) is 4.24. The van der Waals surface area contributed by atoms with Gasteiger partial charge in [0.05, 0.1) is 13.7 Å². The summed E-state index contributed by atoms with van der Waals surface area (Å²) < 4.78 is 11.3. The smallest absolute Gasteiger partial charge is 0.119 e. The van der Waals surface area contributed by atoms with Crippen molar-refractivity contribution in [2.24, 2.45) is 0 Å². The molecule has 3 heteroatoms. The molecule has 0 spiro atoms. The first-order valence-electron chi connectivity index (χ1n) is 6.17. The summed E-state index contributed by atoms with van der Waals surface area (Å²) in [5.74, 6) is 6.93. The van der Waals surface area contributed by atoms with Crippen molar-refractivity contribution in [3.8, 4) is 17.6 Å². The van der Waals surface area contributed by atoms with Gasteiger partial charge in [-0.2, -0.15) is 0 Å². The fourth-order valence-electron chi connectivity index (χ4n) is 1.78. The molecular weight excluding hydrogens is 316 g/mol. The highest BCUT2D eigenvalue weighted by Crippen LogP contribution is 2.21. The summed E-state index contributed by atoms with van der Waals surface area (Å²) in [6.07, 6.45) is 0. The third kappa shape index (κ3) is 4.12. The number of rotatable bonds is 4. The Morgan fingerprint density at radius 1 is 1.20 bits per heavy atom. The highest BCUT2D eigenvalue weighted by molar-refractivity contribution is 9.11. The second-order valence-corrected chi connectivity index (χ2v) is 5.36. The zero-order chi connectivity index (χ0) is 14.4. The molecule has 0 unspecified atom stereocenters. The minimum Gasteiger partial charge on any atom is -0.497 e. The zero-order valence-corrected chi connectivity index (χ0v) is 12.9. The van der Waals surface area contributed by atoms with Gasteiger partial charge in [-0.25, -0.2) is 0 Å². The van der Waals surface area contributed by atoms with E-state index in [0.29, 0.717) is 13.2 Å². The Morgan fingerprint density at radius 2 is 1.95 bits per heavy atom. The summed E-state index contributed by atoms with van der Waals surface area (Å²) in [6.45, 7) is 4.56. The Morgan fingerprint density at radius 3 is 2.70 bits per heavy atom. The Kier molecular flexibility index (Phi) is 5.23. The quantitative estimate of drug-likeness (QED) is 0.620. The van der Waals surface area contributed by atoms with E-state index in [0.717, 1.165) is 26.6 Å². The third-order valence-electron chi connectivity index (χ3n) is 2.71. The fourth-order valence-corrected chi connectivity index (χ4v) is 1.94. The molecule has 0 bridgehead atoms. The lowest BCUT2D eigenvalue weighted by Crippen LogP contribution is -1.93. The lowest BCUT2D eigenvalue weighted by Gasteiger charge is -2.02. The largest absolute Gasteiger partial charge is 0.497 e. The molecule has 0 radical (unpaired) electrons. The SMILES string of the molecule is C=C(Br)COCC#Cc1ccc2cc(OC)ccc2c1. The van der Waals surface area contributed by atoms with Crippen molar-refractivity contribution in [1.82, 2.24) is 0 Å². The number of benzene rings is 2. The topological polar surface area (TPSA) is 18.5 Å².